The number of hydrogen-bond donors (Lipinski definition) is 1. The Morgan fingerprint density at radius 3 is 2.40 bits per heavy atom. The van der Waals surface area contributed by atoms with Crippen LogP contribution in [0, 0.1) is 5.41 Å². The lowest BCUT2D eigenvalue weighted by molar-refractivity contribution is 0.140. The van der Waals surface area contributed by atoms with Crippen LogP contribution in [0.3, 0.4) is 0 Å². The van der Waals surface area contributed by atoms with Crippen molar-refractivity contribution >= 4 is 17.5 Å². The smallest absolute Gasteiger partial charge is 0.230 e. The van der Waals surface area contributed by atoms with Crippen molar-refractivity contribution in [3.05, 3.63) is 23.4 Å². The van der Waals surface area contributed by atoms with E-state index in [2.05, 4.69) is 19.0 Å². The van der Waals surface area contributed by atoms with Gasteiger partial charge >= 0.3 is 0 Å². The van der Waals surface area contributed by atoms with Gasteiger partial charge in [-0.05, 0) is 6.07 Å². The van der Waals surface area contributed by atoms with Crippen LogP contribution >= 0.6 is 11.6 Å². The highest BCUT2D eigenvalue weighted by atomic mass is 35.5. The number of hydrogen-bond acceptors (Lipinski definition) is 5. The topological polar surface area (TPSA) is 70.5 Å². The first kappa shape index (κ1) is 13.1. The number of halogens is 1. The number of benzene rings is 1. The normalized spacial score (nSPS) is 16.8. The first-order valence-corrected chi connectivity index (χ1v) is 6.64. The minimum Gasteiger partial charge on any atom is -0.489 e. The summed E-state index contributed by atoms with van der Waals surface area (Å²) >= 11 is 6.29. The highest BCUT2D eigenvalue weighted by Crippen LogP contribution is 2.42. The number of nitrogen functional groups attached to an aromatic ring is 1. The third kappa shape index (κ3) is 2.29. The first-order chi connectivity index (χ1) is 9.46. The zero-order valence-corrected chi connectivity index (χ0v) is 12.0. The molecule has 0 saturated carbocycles. The molecule has 0 unspecified atom stereocenters. The summed E-state index contributed by atoms with van der Waals surface area (Å²) in [5, 5.41) is 4.18. The lowest BCUT2D eigenvalue weighted by atomic mass is 9.97. The molecule has 0 radical (unpaired) electrons. The number of ether oxygens (including phenoxy) is 2. The fourth-order valence-electron chi connectivity index (χ4n) is 2.01. The van der Waals surface area contributed by atoms with Crippen LogP contribution in [0.1, 0.15) is 13.8 Å². The minimum absolute atomic E-state index is 0.0537. The van der Waals surface area contributed by atoms with Gasteiger partial charge in [0.1, 0.15) is 0 Å². The third-order valence-electron chi connectivity index (χ3n) is 3.16. The molecule has 106 valence electrons. The van der Waals surface area contributed by atoms with Gasteiger partial charge in [0, 0.05) is 17.0 Å². The summed E-state index contributed by atoms with van der Waals surface area (Å²) in [5.74, 6) is 1.51. The third-order valence-corrected chi connectivity index (χ3v) is 3.47. The molecule has 0 spiro atoms. The van der Waals surface area contributed by atoms with E-state index in [-0.39, 0.29) is 11.3 Å². The number of nitrogens with zero attached hydrogens (tertiary/aromatic N) is 1. The van der Waals surface area contributed by atoms with Crippen molar-refractivity contribution in [2.45, 2.75) is 13.8 Å². The molecule has 5 nitrogen and oxygen atoms in total. The molecular formula is C14H15ClN2O3. The Morgan fingerprint density at radius 1 is 1.15 bits per heavy atom. The molecule has 0 atom stereocenters. The molecule has 0 aliphatic carbocycles. The largest absolute Gasteiger partial charge is 0.489 e. The molecule has 0 fully saturated rings. The summed E-state index contributed by atoms with van der Waals surface area (Å²) in [6, 6.07) is 3.54. The molecule has 1 aromatic heterocycles. The molecular weight excluding hydrogens is 280 g/mol. The average molecular weight is 295 g/mol. The van der Waals surface area contributed by atoms with Gasteiger partial charge in [0.15, 0.2) is 11.5 Å². The molecule has 3 rings (SSSR count). The zero-order valence-electron chi connectivity index (χ0n) is 11.3. The highest BCUT2D eigenvalue weighted by Gasteiger charge is 2.26. The summed E-state index contributed by atoms with van der Waals surface area (Å²) in [5.41, 5.74) is 7.04. The van der Waals surface area contributed by atoms with E-state index in [1.807, 2.05) is 6.07 Å². The number of nitrogens with two attached hydrogens (primary N) is 1. The van der Waals surface area contributed by atoms with E-state index in [1.165, 1.54) is 6.20 Å². The lowest BCUT2D eigenvalue weighted by Crippen LogP contribution is -2.26. The molecule has 2 heterocycles. The van der Waals surface area contributed by atoms with Crippen molar-refractivity contribution in [2.24, 2.45) is 5.41 Å². The van der Waals surface area contributed by atoms with E-state index in [1.54, 1.807) is 6.07 Å². The molecule has 1 aliphatic rings. The van der Waals surface area contributed by atoms with Crippen LogP contribution in [0.5, 0.6) is 11.5 Å². The molecule has 1 aliphatic heterocycles. The first-order valence-electron chi connectivity index (χ1n) is 6.26. The van der Waals surface area contributed by atoms with Gasteiger partial charge in [-0.25, -0.2) is 0 Å². The lowest BCUT2D eigenvalue weighted by Gasteiger charge is -2.19. The standard InChI is InChI=1S/C14H15ClN2O3/c1-14(2)6-18-11-3-8(9-5-17-20-13(9)16)10(15)4-12(11)19-7-14/h3-5H,6-7,16H2,1-2H3. The predicted molar refractivity (Wildman–Crippen MR) is 76.1 cm³/mol. The summed E-state index contributed by atoms with van der Waals surface area (Å²) in [7, 11) is 0. The molecule has 2 aromatic rings. The van der Waals surface area contributed by atoms with Gasteiger partial charge in [0.05, 0.1) is 30.0 Å². The number of anilines is 1. The van der Waals surface area contributed by atoms with Gasteiger partial charge in [-0.2, -0.15) is 0 Å². The average Bonchev–Trinajstić information content (AvgIpc) is 2.75. The maximum atomic E-state index is 6.29. The molecule has 0 saturated heterocycles. The maximum Gasteiger partial charge on any atom is 0.230 e. The van der Waals surface area contributed by atoms with Crippen LogP contribution in [0.2, 0.25) is 5.02 Å². The second-order valence-corrected chi connectivity index (χ2v) is 6.03. The Morgan fingerprint density at radius 2 is 1.80 bits per heavy atom. The zero-order chi connectivity index (χ0) is 14.3. The molecule has 20 heavy (non-hydrogen) atoms. The fraction of sp³-hybridized carbons (Fsp3) is 0.357. The van der Waals surface area contributed by atoms with E-state index in [0.717, 1.165) is 0 Å². The van der Waals surface area contributed by atoms with Crippen molar-refractivity contribution in [3.8, 4) is 22.6 Å². The summed E-state index contributed by atoms with van der Waals surface area (Å²) < 4.78 is 16.5. The quantitative estimate of drug-likeness (QED) is 0.873. The van der Waals surface area contributed by atoms with Crippen molar-refractivity contribution < 1.29 is 14.0 Å². The van der Waals surface area contributed by atoms with Crippen molar-refractivity contribution in [2.75, 3.05) is 18.9 Å². The second kappa shape index (κ2) is 4.59. The van der Waals surface area contributed by atoms with E-state index in [9.17, 15) is 0 Å². The van der Waals surface area contributed by atoms with Crippen LogP contribution in [0.15, 0.2) is 22.9 Å². The Kier molecular flexibility index (Phi) is 3.01. The number of rotatable bonds is 1. The maximum absolute atomic E-state index is 6.29. The Labute approximate surface area is 121 Å². The molecule has 0 bridgehead atoms. The van der Waals surface area contributed by atoms with Gasteiger partial charge in [-0.15, -0.1) is 0 Å². The van der Waals surface area contributed by atoms with E-state index in [4.69, 9.17) is 31.3 Å². The Balaban J connectivity index is 2.05. The summed E-state index contributed by atoms with van der Waals surface area (Å²) in [4.78, 5) is 0. The Bertz CT molecular complexity index is 652. The van der Waals surface area contributed by atoms with Gasteiger partial charge in [0.2, 0.25) is 5.88 Å². The van der Waals surface area contributed by atoms with Gasteiger partial charge in [-0.1, -0.05) is 30.6 Å². The molecule has 2 N–H and O–H groups in total. The minimum atomic E-state index is -0.0537. The summed E-state index contributed by atoms with van der Waals surface area (Å²) in [6.07, 6.45) is 1.53. The second-order valence-electron chi connectivity index (χ2n) is 5.62. The number of aromatic nitrogens is 1. The molecule has 1 aromatic carbocycles. The van der Waals surface area contributed by atoms with Crippen molar-refractivity contribution in [1.82, 2.24) is 5.16 Å². The summed E-state index contributed by atoms with van der Waals surface area (Å²) in [6.45, 7) is 5.31. The van der Waals surface area contributed by atoms with Crippen LogP contribution in [0.4, 0.5) is 5.88 Å². The van der Waals surface area contributed by atoms with Gasteiger partial charge < -0.3 is 19.7 Å². The monoisotopic (exact) mass is 294 g/mol. The van der Waals surface area contributed by atoms with Crippen LogP contribution < -0.4 is 15.2 Å². The van der Waals surface area contributed by atoms with E-state index < -0.39 is 0 Å². The molecule has 0 amide bonds. The van der Waals surface area contributed by atoms with Crippen LogP contribution in [-0.2, 0) is 0 Å². The highest BCUT2D eigenvalue weighted by molar-refractivity contribution is 6.33. The Hall–Kier alpha value is -1.88. The number of fused-ring (bicyclic) bond motifs is 1. The SMILES string of the molecule is CC1(C)COc2cc(Cl)c(-c3cnoc3N)cc2OC1. The van der Waals surface area contributed by atoms with Gasteiger partial charge in [0.25, 0.3) is 0 Å². The predicted octanol–water partition coefficient (Wildman–Crippen LogP) is 3.37. The van der Waals surface area contributed by atoms with Crippen molar-refractivity contribution in [3.63, 3.8) is 0 Å². The van der Waals surface area contributed by atoms with Gasteiger partial charge in [-0.3, -0.25) is 0 Å². The van der Waals surface area contributed by atoms with Crippen LogP contribution in [-0.4, -0.2) is 18.4 Å². The van der Waals surface area contributed by atoms with E-state index >= 15 is 0 Å². The fourth-order valence-corrected chi connectivity index (χ4v) is 2.26. The van der Waals surface area contributed by atoms with E-state index in [0.29, 0.717) is 40.9 Å². The van der Waals surface area contributed by atoms with Crippen LogP contribution in [0.25, 0.3) is 11.1 Å². The van der Waals surface area contributed by atoms with Crippen molar-refractivity contribution in [1.29, 1.82) is 0 Å². The molecule has 6 heteroatoms.